The highest BCUT2D eigenvalue weighted by Crippen LogP contribution is 2.30. The highest BCUT2D eigenvalue weighted by Gasteiger charge is 2.24. The molecule has 1 aliphatic rings. The van der Waals surface area contributed by atoms with Crippen molar-refractivity contribution in [3.8, 4) is 5.75 Å². The van der Waals surface area contributed by atoms with Gasteiger partial charge < -0.3 is 10.1 Å². The van der Waals surface area contributed by atoms with E-state index in [1.807, 2.05) is 56.3 Å². The second kappa shape index (κ2) is 9.23. The average molecular weight is 429 g/mol. The maximum Gasteiger partial charge on any atom is 0.264 e. The van der Waals surface area contributed by atoms with Gasteiger partial charge in [-0.3, -0.25) is 4.79 Å². The molecule has 156 valence electrons. The standard InChI is InChI=1S/C26H24N2O2S/c1-17-5-8-21(9-6-17)16-30-22-12-10-20(11-13-22)15-24-25(29)28-26(31-24)27-23-14-18(2)4-7-19(23)3/h4-15H,16H2,1-3H3,(H,27,28,29). The van der Waals surface area contributed by atoms with E-state index < -0.39 is 0 Å². The van der Waals surface area contributed by atoms with E-state index in [9.17, 15) is 4.79 Å². The van der Waals surface area contributed by atoms with Crippen LogP contribution in [0.5, 0.6) is 5.75 Å². The van der Waals surface area contributed by atoms with Crippen molar-refractivity contribution >= 4 is 34.6 Å². The van der Waals surface area contributed by atoms with Gasteiger partial charge in [0.2, 0.25) is 0 Å². The highest BCUT2D eigenvalue weighted by molar-refractivity contribution is 8.18. The maximum atomic E-state index is 12.4. The third-order valence-electron chi connectivity index (χ3n) is 4.94. The molecule has 0 atom stereocenters. The molecule has 0 unspecified atom stereocenters. The number of nitrogens with one attached hydrogen (secondary N) is 1. The van der Waals surface area contributed by atoms with Crippen LogP contribution in [0.15, 0.2) is 76.6 Å². The quantitative estimate of drug-likeness (QED) is 0.501. The van der Waals surface area contributed by atoms with Crippen LogP contribution in [0.2, 0.25) is 0 Å². The van der Waals surface area contributed by atoms with Crippen LogP contribution in [0.3, 0.4) is 0 Å². The molecule has 1 N–H and O–H groups in total. The number of hydrogen-bond acceptors (Lipinski definition) is 4. The van der Waals surface area contributed by atoms with Crippen molar-refractivity contribution in [1.82, 2.24) is 5.32 Å². The zero-order chi connectivity index (χ0) is 21.8. The van der Waals surface area contributed by atoms with E-state index in [1.165, 1.54) is 17.3 Å². The number of amidine groups is 1. The molecule has 3 aromatic carbocycles. The summed E-state index contributed by atoms with van der Waals surface area (Å²) in [6.07, 6.45) is 1.87. The van der Waals surface area contributed by atoms with Crippen LogP contribution < -0.4 is 10.1 Å². The first-order valence-electron chi connectivity index (χ1n) is 10.1. The monoisotopic (exact) mass is 428 g/mol. The van der Waals surface area contributed by atoms with Crippen LogP contribution in [-0.2, 0) is 11.4 Å². The zero-order valence-corrected chi connectivity index (χ0v) is 18.6. The minimum Gasteiger partial charge on any atom is -0.489 e. The summed E-state index contributed by atoms with van der Waals surface area (Å²) in [4.78, 5) is 17.6. The first-order chi connectivity index (χ1) is 15.0. The van der Waals surface area contributed by atoms with Gasteiger partial charge in [0, 0.05) is 0 Å². The highest BCUT2D eigenvalue weighted by atomic mass is 32.2. The Hall–Kier alpha value is -3.31. The van der Waals surface area contributed by atoms with Gasteiger partial charge in [-0.2, -0.15) is 0 Å². The molecule has 1 fully saturated rings. The van der Waals surface area contributed by atoms with E-state index in [1.54, 1.807) is 0 Å². The lowest BCUT2D eigenvalue weighted by atomic mass is 10.1. The molecule has 0 spiro atoms. The fraction of sp³-hybridized carbons (Fsp3) is 0.154. The predicted molar refractivity (Wildman–Crippen MR) is 129 cm³/mol. The van der Waals surface area contributed by atoms with Crippen molar-refractivity contribution in [2.24, 2.45) is 4.99 Å². The van der Waals surface area contributed by atoms with Gasteiger partial charge in [0.05, 0.1) is 10.6 Å². The summed E-state index contributed by atoms with van der Waals surface area (Å²) < 4.78 is 5.86. The number of thioether (sulfide) groups is 1. The molecule has 31 heavy (non-hydrogen) atoms. The normalized spacial score (nSPS) is 16.0. The Balaban J connectivity index is 1.42. The van der Waals surface area contributed by atoms with Gasteiger partial charge in [-0.05, 0) is 79.1 Å². The summed E-state index contributed by atoms with van der Waals surface area (Å²) in [7, 11) is 0. The van der Waals surface area contributed by atoms with Crippen molar-refractivity contribution < 1.29 is 9.53 Å². The number of nitrogens with zero attached hydrogens (tertiary/aromatic N) is 1. The smallest absolute Gasteiger partial charge is 0.264 e. The molecule has 0 aliphatic carbocycles. The largest absolute Gasteiger partial charge is 0.489 e. The zero-order valence-electron chi connectivity index (χ0n) is 17.8. The molecular weight excluding hydrogens is 404 g/mol. The van der Waals surface area contributed by atoms with E-state index in [-0.39, 0.29) is 5.91 Å². The fourth-order valence-electron chi connectivity index (χ4n) is 3.09. The molecule has 0 radical (unpaired) electrons. The molecule has 4 rings (SSSR count). The summed E-state index contributed by atoms with van der Waals surface area (Å²) >= 11 is 1.36. The van der Waals surface area contributed by atoms with E-state index in [0.717, 1.165) is 33.7 Å². The van der Waals surface area contributed by atoms with Crippen LogP contribution in [0, 0.1) is 20.8 Å². The topological polar surface area (TPSA) is 50.7 Å². The fourth-order valence-corrected chi connectivity index (χ4v) is 3.93. The minimum atomic E-state index is -0.131. The lowest BCUT2D eigenvalue weighted by Gasteiger charge is -2.07. The van der Waals surface area contributed by atoms with Gasteiger partial charge in [-0.25, -0.2) is 4.99 Å². The Kier molecular flexibility index (Phi) is 6.23. The lowest BCUT2D eigenvalue weighted by molar-refractivity contribution is -0.115. The summed E-state index contributed by atoms with van der Waals surface area (Å²) in [6.45, 7) is 6.64. The molecule has 3 aromatic rings. The van der Waals surface area contributed by atoms with Crippen LogP contribution >= 0.6 is 11.8 Å². The number of amides is 1. The molecule has 0 aromatic heterocycles. The third-order valence-corrected chi connectivity index (χ3v) is 5.85. The number of carbonyl (C=O) groups excluding carboxylic acids is 1. The SMILES string of the molecule is Cc1ccc(COc2ccc(C=C3SC(=Nc4cc(C)ccc4C)NC3=O)cc2)cc1. The van der Waals surface area contributed by atoms with Gasteiger partial charge in [0.15, 0.2) is 5.17 Å². The molecule has 0 saturated carbocycles. The second-order valence-corrected chi connectivity index (χ2v) is 8.65. The maximum absolute atomic E-state index is 12.4. The van der Waals surface area contributed by atoms with Gasteiger partial charge in [0.25, 0.3) is 5.91 Å². The van der Waals surface area contributed by atoms with Crippen molar-refractivity contribution in [3.63, 3.8) is 0 Å². The molecule has 1 saturated heterocycles. The van der Waals surface area contributed by atoms with E-state index in [2.05, 4.69) is 47.6 Å². The number of rotatable bonds is 5. The predicted octanol–water partition coefficient (Wildman–Crippen LogP) is 6.08. The van der Waals surface area contributed by atoms with E-state index >= 15 is 0 Å². The summed E-state index contributed by atoms with van der Waals surface area (Å²) in [6, 6.07) is 22.2. The third kappa shape index (κ3) is 5.44. The Morgan fingerprint density at radius 3 is 2.39 bits per heavy atom. The molecular formula is C26H24N2O2S. The second-order valence-electron chi connectivity index (χ2n) is 7.61. The van der Waals surface area contributed by atoms with Crippen LogP contribution in [-0.4, -0.2) is 11.1 Å². The minimum absolute atomic E-state index is 0.131. The summed E-state index contributed by atoms with van der Waals surface area (Å²) in [5.74, 6) is 0.664. The molecule has 1 aliphatic heterocycles. The average Bonchev–Trinajstić information content (AvgIpc) is 3.10. The van der Waals surface area contributed by atoms with Crippen molar-refractivity contribution in [3.05, 3.63) is 99.5 Å². The van der Waals surface area contributed by atoms with Crippen LogP contribution in [0.1, 0.15) is 27.8 Å². The Bertz CT molecular complexity index is 1160. The van der Waals surface area contributed by atoms with E-state index in [0.29, 0.717) is 16.7 Å². The Morgan fingerprint density at radius 2 is 1.65 bits per heavy atom. The summed E-state index contributed by atoms with van der Waals surface area (Å²) in [5, 5.41) is 3.45. The number of ether oxygens (including phenoxy) is 1. The molecule has 0 bridgehead atoms. The van der Waals surface area contributed by atoms with Gasteiger partial charge in [0.1, 0.15) is 12.4 Å². The number of hydrogen-bond donors (Lipinski definition) is 1. The van der Waals surface area contributed by atoms with E-state index in [4.69, 9.17) is 4.74 Å². The van der Waals surface area contributed by atoms with Gasteiger partial charge in [-0.15, -0.1) is 0 Å². The van der Waals surface area contributed by atoms with Crippen LogP contribution in [0.25, 0.3) is 6.08 Å². The van der Waals surface area contributed by atoms with Crippen molar-refractivity contribution in [1.29, 1.82) is 0 Å². The molecule has 1 heterocycles. The van der Waals surface area contributed by atoms with Gasteiger partial charge in [-0.1, -0.05) is 54.1 Å². The number of carbonyl (C=O) groups is 1. The molecule has 4 nitrogen and oxygen atoms in total. The number of benzene rings is 3. The number of aliphatic imine (C=N–C) groups is 1. The first-order valence-corrected chi connectivity index (χ1v) is 10.9. The van der Waals surface area contributed by atoms with Crippen molar-refractivity contribution in [2.75, 3.05) is 0 Å². The molecule has 5 heteroatoms. The van der Waals surface area contributed by atoms with Gasteiger partial charge >= 0.3 is 0 Å². The Labute approximate surface area is 187 Å². The Morgan fingerprint density at radius 1 is 0.935 bits per heavy atom. The van der Waals surface area contributed by atoms with Crippen LogP contribution in [0.4, 0.5) is 5.69 Å². The summed E-state index contributed by atoms with van der Waals surface area (Å²) in [5.41, 5.74) is 6.39. The molecule has 1 amide bonds. The number of aryl methyl sites for hydroxylation is 3. The first kappa shape index (κ1) is 20.9. The van der Waals surface area contributed by atoms with Crippen molar-refractivity contribution in [2.45, 2.75) is 27.4 Å². The lowest BCUT2D eigenvalue weighted by Crippen LogP contribution is -2.19.